The number of rotatable bonds is 5. The maximum absolute atomic E-state index is 11.5. The number of carbonyl (C=O) groups is 1. The Labute approximate surface area is 112 Å². The molecule has 0 fully saturated rings. The van der Waals surface area contributed by atoms with Gasteiger partial charge >= 0.3 is 0 Å². The smallest absolute Gasteiger partial charge is 0.251 e. The van der Waals surface area contributed by atoms with Crippen LogP contribution in [-0.2, 0) is 6.42 Å². The van der Waals surface area contributed by atoms with Gasteiger partial charge in [0.25, 0.3) is 5.91 Å². The summed E-state index contributed by atoms with van der Waals surface area (Å²) in [4.78, 5) is 15.5. The lowest BCUT2D eigenvalue weighted by Gasteiger charge is -2.07. The van der Waals surface area contributed by atoms with Gasteiger partial charge in [-0.2, -0.15) is 0 Å². The number of benzene rings is 1. The fourth-order valence-electron chi connectivity index (χ4n) is 1.71. The van der Waals surface area contributed by atoms with Gasteiger partial charge in [0.2, 0.25) is 0 Å². The third-order valence-electron chi connectivity index (χ3n) is 2.73. The molecular weight excluding hydrogens is 240 g/mol. The monoisotopic (exact) mass is 256 g/mol. The van der Waals surface area contributed by atoms with Gasteiger partial charge in [0.05, 0.1) is 6.61 Å². The second-order valence-electron chi connectivity index (χ2n) is 4.06. The Morgan fingerprint density at radius 2 is 2.05 bits per heavy atom. The summed E-state index contributed by atoms with van der Waals surface area (Å²) >= 11 is 0. The molecule has 0 bridgehead atoms. The molecule has 1 N–H and O–H groups in total. The van der Waals surface area contributed by atoms with E-state index < -0.39 is 0 Å². The van der Waals surface area contributed by atoms with Crippen LogP contribution in [0.5, 0.6) is 5.75 Å². The standard InChI is InChI=1S/C15H16N2O2/c1-16-15(18)13-3-2-4-14(11-13)19-10-7-12-5-8-17-9-6-12/h2-6,8-9,11H,7,10H2,1H3,(H,16,18). The van der Waals surface area contributed by atoms with Crippen LogP contribution in [0.15, 0.2) is 48.8 Å². The third kappa shape index (κ3) is 3.81. The van der Waals surface area contributed by atoms with E-state index >= 15 is 0 Å². The third-order valence-corrected chi connectivity index (χ3v) is 2.73. The van der Waals surface area contributed by atoms with Gasteiger partial charge in [0.1, 0.15) is 5.75 Å². The first-order chi connectivity index (χ1) is 9.29. The maximum atomic E-state index is 11.5. The topological polar surface area (TPSA) is 51.2 Å². The van der Waals surface area contributed by atoms with Crippen molar-refractivity contribution >= 4 is 5.91 Å². The summed E-state index contributed by atoms with van der Waals surface area (Å²) in [5, 5.41) is 2.59. The molecule has 0 atom stereocenters. The quantitative estimate of drug-likeness (QED) is 0.891. The minimum atomic E-state index is -0.111. The van der Waals surface area contributed by atoms with E-state index in [4.69, 9.17) is 4.74 Å². The van der Waals surface area contributed by atoms with Crippen molar-refractivity contribution in [3.8, 4) is 5.75 Å². The molecule has 0 aliphatic rings. The summed E-state index contributed by atoms with van der Waals surface area (Å²) in [5.74, 6) is 0.592. The molecule has 4 heteroatoms. The molecule has 0 unspecified atom stereocenters. The van der Waals surface area contributed by atoms with Crippen molar-refractivity contribution in [2.75, 3.05) is 13.7 Å². The second kappa shape index (κ2) is 6.54. The lowest BCUT2D eigenvalue weighted by atomic mass is 10.2. The Morgan fingerprint density at radius 3 is 2.79 bits per heavy atom. The molecule has 98 valence electrons. The van der Waals surface area contributed by atoms with Gasteiger partial charge in [-0.15, -0.1) is 0 Å². The summed E-state index contributed by atoms with van der Waals surface area (Å²) in [6, 6.07) is 11.1. The molecule has 4 nitrogen and oxygen atoms in total. The van der Waals surface area contributed by atoms with Crippen molar-refractivity contribution in [1.82, 2.24) is 10.3 Å². The van der Waals surface area contributed by atoms with E-state index in [2.05, 4.69) is 10.3 Å². The van der Waals surface area contributed by atoms with E-state index in [9.17, 15) is 4.79 Å². The summed E-state index contributed by atoms with van der Waals surface area (Å²) in [6.07, 6.45) is 4.34. The summed E-state index contributed by atoms with van der Waals surface area (Å²) in [7, 11) is 1.61. The number of hydrogen-bond donors (Lipinski definition) is 1. The first kappa shape index (κ1) is 13.1. The van der Waals surface area contributed by atoms with Crippen LogP contribution in [0.4, 0.5) is 0 Å². The minimum Gasteiger partial charge on any atom is -0.493 e. The van der Waals surface area contributed by atoms with E-state index in [0.29, 0.717) is 17.9 Å². The van der Waals surface area contributed by atoms with Crippen molar-refractivity contribution in [2.24, 2.45) is 0 Å². The van der Waals surface area contributed by atoms with Crippen molar-refractivity contribution in [1.29, 1.82) is 0 Å². The molecule has 1 aromatic heterocycles. The van der Waals surface area contributed by atoms with Crippen LogP contribution in [-0.4, -0.2) is 24.5 Å². The first-order valence-corrected chi connectivity index (χ1v) is 6.13. The number of pyridine rings is 1. The largest absolute Gasteiger partial charge is 0.493 e. The predicted molar refractivity (Wildman–Crippen MR) is 73.3 cm³/mol. The zero-order valence-electron chi connectivity index (χ0n) is 10.8. The fraction of sp³-hybridized carbons (Fsp3) is 0.200. The van der Waals surface area contributed by atoms with Crippen molar-refractivity contribution in [3.63, 3.8) is 0 Å². The lowest BCUT2D eigenvalue weighted by molar-refractivity contribution is 0.0962. The number of aromatic nitrogens is 1. The average Bonchev–Trinajstić information content (AvgIpc) is 2.48. The van der Waals surface area contributed by atoms with Gasteiger partial charge in [-0.25, -0.2) is 0 Å². The summed E-state index contributed by atoms with van der Waals surface area (Å²) in [5.41, 5.74) is 1.78. The highest BCUT2D eigenvalue weighted by Crippen LogP contribution is 2.13. The van der Waals surface area contributed by atoms with Gasteiger partial charge in [0, 0.05) is 31.4 Å². The van der Waals surface area contributed by atoms with Crippen LogP contribution in [0.25, 0.3) is 0 Å². The van der Waals surface area contributed by atoms with Crippen LogP contribution in [0, 0.1) is 0 Å². The van der Waals surface area contributed by atoms with Crippen LogP contribution >= 0.6 is 0 Å². The van der Waals surface area contributed by atoms with Crippen molar-refractivity contribution < 1.29 is 9.53 Å². The van der Waals surface area contributed by atoms with E-state index in [1.54, 1.807) is 31.6 Å². The summed E-state index contributed by atoms with van der Waals surface area (Å²) in [6.45, 7) is 0.571. The highest BCUT2D eigenvalue weighted by atomic mass is 16.5. The minimum absolute atomic E-state index is 0.111. The number of ether oxygens (including phenoxy) is 1. The molecule has 1 aromatic carbocycles. The normalized spacial score (nSPS) is 9.95. The molecule has 2 aromatic rings. The predicted octanol–water partition coefficient (Wildman–Crippen LogP) is 2.06. The molecule has 1 heterocycles. The van der Waals surface area contributed by atoms with Crippen molar-refractivity contribution in [3.05, 3.63) is 59.9 Å². The van der Waals surface area contributed by atoms with Crippen LogP contribution in [0.2, 0.25) is 0 Å². The van der Waals surface area contributed by atoms with Gasteiger partial charge in [0.15, 0.2) is 0 Å². The zero-order valence-corrected chi connectivity index (χ0v) is 10.8. The Kier molecular flexibility index (Phi) is 4.50. The Bertz CT molecular complexity index is 541. The molecule has 0 saturated carbocycles. The van der Waals surface area contributed by atoms with Gasteiger partial charge in [-0.3, -0.25) is 9.78 Å². The average molecular weight is 256 g/mol. The molecule has 0 saturated heterocycles. The van der Waals surface area contributed by atoms with E-state index in [-0.39, 0.29) is 5.91 Å². The highest BCUT2D eigenvalue weighted by Gasteiger charge is 2.04. The fourth-order valence-corrected chi connectivity index (χ4v) is 1.71. The van der Waals surface area contributed by atoms with E-state index in [0.717, 1.165) is 6.42 Å². The molecule has 0 radical (unpaired) electrons. The molecule has 2 rings (SSSR count). The van der Waals surface area contributed by atoms with Gasteiger partial charge in [-0.1, -0.05) is 6.07 Å². The number of nitrogens with one attached hydrogen (secondary N) is 1. The zero-order chi connectivity index (χ0) is 13.5. The highest BCUT2D eigenvalue weighted by molar-refractivity contribution is 5.94. The van der Waals surface area contributed by atoms with Crippen LogP contribution in [0.1, 0.15) is 15.9 Å². The molecule has 19 heavy (non-hydrogen) atoms. The number of nitrogens with zero attached hydrogens (tertiary/aromatic N) is 1. The first-order valence-electron chi connectivity index (χ1n) is 6.13. The van der Waals surface area contributed by atoms with Crippen LogP contribution < -0.4 is 10.1 Å². The molecule has 0 aliphatic heterocycles. The molecular formula is C15H16N2O2. The van der Waals surface area contributed by atoms with E-state index in [1.165, 1.54) is 5.56 Å². The molecule has 0 spiro atoms. The number of amides is 1. The lowest BCUT2D eigenvalue weighted by Crippen LogP contribution is -2.17. The van der Waals surface area contributed by atoms with E-state index in [1.807, 2.05) is 24.3 Å². The number of hydrogen-bond acceptors (Lipinski definition) is 3. The molecule has 1 amide bonds. The van der Waals surface area contributed by atoms with Gasteiger partial charge in [-0.05, 0) is 35.9 Å². The Hall–Kier alpha value is -2.36. The molecule has 0 aliphatic carbocycles. The SMILES string of the molecule is CNC(=O)c1cccc(OCCc2ccncc2)c1. The second-order valence-corrected chi connectivity index (χ2v) is 4.06. The number of carbonyl (C=O) groups excluding carboxylic acids is 1. The Morgan fingerprint density at radius 1 is 1.26 bits per heavy atom. The van der Waals surface area contributed by atoms with Crippen LogP contribution in [0.3, 0.4) is 0 Å². The maximum Gasteiger partial charge on any atom is 0.251 e. The van der Waals surface area contributed by atoms with Crippen molar-refractivity contribution in [2.45, 2.75) is 6.42 Å². The Balaban J connectivity index is 1.91. The van der Waals surface area contributed by atoms with Gasteiger partial charge < -0.3 is 10.1 Å². The summed E-state index contributed by atoms with van der Waals surface area (Å²) < 4.78 is 5.64.